The Balaban J connectivity index is 1.79. The van der Waals surface area contributed by atoms with Crippen LogP contribution >= 0.6 is 11.3 Å². The van der Waals surface area contributed by atoms with Crippen LogP contribution < -0.4 is 5.32 Å². The van der Waals surface area contributed by atoms with E-state index in [-0.39, 0.29) is 5.91 Å². The number of hydrogen-bond acceptors (Lipinski definition) is 3. The maximum absolute atomic E-state index is 12.7. The predicted octanol–water partition coefficient (Wildman–Crippen LogP) is 2.45. The fourth-order valence-electron chi connectivity index (χ4n) is 3.21. The van der Waals surface area contributed by atoms with Gasteiger partial charge in [0.15, 0.2) is 0 Å². The predicted molar refractivity (Wildman–Crippen MR) is 78.9 cm³/mol. The van der Waals surface area contributed by atoms with Crippen molar-refractivity contribution >= 4 is 17.2 Å². The van der Waals surface area contributed by atoms with Crippen molar-refractivity contribution < 1.29 is 4.79 Å². The van der Waals surface area contributed by atoms with E-state index in [0.29, 0.717) is 6.04 Å². The Kier molecular flexibility index (Phi) is 3.89. The molecule has 1 aromatic rings. The van der Waals surface area contributed by atoms with Crippen LogP contribution in [-0.4, -0.2) is 36.5 Å². The smallest absolute Gasteiger partial charge is 0.264 e. The van der Waals surface area contributed by atoms with Gasteiger partial charge in [-0.1, -0.05) is 0 Å². The lowest BCUT2D eigenvalue weighted by atomic mass is 9.99. The third kappa shape index (κ3) is 2.56. The maximum Gasteiger partial charge on any atom is 0.264 e. The molecular weight excluding hydrogens is 256 g/mol. The topological polar surface area (TPSA) is 32.3 Å². The fraction of sp³-hybridized carbons (Fsp3) is 0.667. The number of nitrogens with one attached hydrogen (secondary N) is 1. The summed E-state index contributed by atoms with van der Waals surface area (Å²) in [7, 11) is 0. The molecule has 3 nitrogen and oxygen atoms in total. The summed E-state index contributed by atoms with van der Waals surface area (Å²) in [6, 6.07) is 2.55. The highest BCUT2D eigenvalue weighted by Crippen LogP contribution is 2.30. The number of nitrogens with zero attached hydrogens (tertiary/aromatic N) is 1. The summed E-state index contributed by atoms with van der Waals surface area (Å²) in [6.45, 7) is 4.89. The van der Waals surface area contributed by atoms with E-state index < -0.39 is 0 Å². The van der Waals surface area contributed by atoms with Crippen LogP contribution in [0.3, 0.4) is 0 Å². The summed E-state index contributed by atoms with van der Waals surface area (Å²) >= 11 is 1.73. The molecule has 2 heterocycles. The van der Waals surface area contributed by atoms with Gasteiger partial charge in [0.05, 0.1) is 4.88 Å². The van der Waals surface area contributed by atoms with E-state index in [1.807, 2.05) is 0 Å². The zero-order chi connectivity index (χ0) is 13.2. The number of likely N-dealkylation sites (N-methyl/N-ethyl adjacent to an activating group) is 1. The Bertz CT molecular complexity index is 439. The van der Waals surface area contributed by atoms with E-state index in [0.717, 1.165) is 37.4 Å². The SMILES string of the molecule is CCN(C(=O)c1cc2c(s1)CCCC2)C1CCNC1. The number of rotatable bonds is 3. The number of aryl methyl sites for hydroxylation is 2. The van der Waals surface area contributed by atoms with E-state index in [1.54, 1.807) is 11.3 Å². The van der Waals surface area contributed by atoms with Crippen LogP contribution in [0.2, 0.25) is 0 Å². The molecule has 0 spiro atoms. The lowest BCUT2D eigenvalue weighted by Gasteiger charge is -2.26. The monoisotopic (exact) mass is 278 g/mol. The van der Waals surface area contributed by atoms with Crippen LogP contribution in [0.15, 0.2) is 6.07 Å². The molecule has 1 saturated heterocycles. The van der Waals surface area contributed by atoms with Gasteiger partial charge in [-0.3, -0.25) is 4.79 Å². The Morgan fingerprint density at radius 3 is 3.00 bits per heavy atom. The first-order valence-electron chi connectivity index (χ1n) is 7.43. The zero-order valence-corrected chi connectivity index (χ0v) is 12.4. The van der Waals surface area contributed by atoms with Gasteiger partial charge in [0, 0.05) is 24.0 Å². The summed E-state index contributed by atoms with van der Waals surface area (Å²) in [5.74, 6) is 0.246. The fourth-order valence-corrected chi connectivity index (χ4v) is 4.42. The van der Waals surface area contributed by atoms with Gasteiger partial charge in [0.25, 0.3) is 5.91 Å². The van der Waals surface area contributed by atoms with Crippen LogP contribution in [0.25, 0.3) is 0 Å². The van der Waals surface area contributed by atoms with Crippen molar-refractivity contribution in [2.24, 2.45) is 0 Å². The van der Waals surface area contributed by atoms with Crippen molar-refractivity contribution in [3.63, 3.8) is 0 Å². The number of fused-ring (bicyclic) bond motifs is 1. The molecule has 104 valence electrons. The minimum Gasteiger partial charge on any atom is -0.334 e. The summed E-state index contributed by atoms with van der Waals surface area (Å²) < 4.78 is 0. The van der Waals surface area contributed by atoms with Gasteiger partial charge < -0.3 is 10.2 Å². The standard InChI is InChI=1S/C15H22N2OS/c1-2-17(12-7-8-16-10-12)15(18)14-9-11-5-3-4-6-13(11)19-14/h9,12,16H,2-8,10H2,1H3. The molecule has 3 rings (SSSR count). The second-order valence-corrected chi connectivity index (χ2v) is 6.64. The van der Waals surface area contributed by atoms with E-state index in [4.69, 9.17) is 0 Å². The third-order valence-electron chi connectivity index (χ3n) is 4.28. The van der Waals surface area contributed by atoms with Crippen molar-refractivity contribution in [2.45, 2.75) is 45.1 Å². The molecule has 2 aliphatic rings. The molecule has 1 atom stereocenters. The second kappa shape index (κ2) is 5.63. The minimum atomic E-state index is 0.246. The van der Waals surface area contributed by atoms with Gasteiger partial charge in [0.1, 0.15) is 0 Å². The second-order valence-electron chi connectivity index (χ2n) is 5.50. The number of carbonyl (C=O) groups excluding carboxylic acids is 1. The lowest BCUT2D eigenvalue weighted by Crippen LogP contribution is -2.41. The van der Waals surface area contributed by atoms with E-state index >= 15 is 0 Å². The molecule has 1 unspecified atom stereocenters. The van der Waals surface area contributed by atoms with Crippen LogP contribution in [0.5, 0.6) is 0 Å². The van der Waals surface area contributed by atoms with Crippen molar-refractivity contribution in [1.29, 1.82) is 0 Å². The Morgan fingerprint density at radius 2 is 2.32 bits per heavy atom. The largest absolute Gasteiger partial charge is 0.334 e. The first-order valence-corrected chi connectivity index (χ1v) is 8.24. The zero-order valence-electron chi connectivity index (χ0n) is 11.6. The van der Waals surface area contributed by atoms with Crippen LogP contribution in [-0.2, 0) is 12.8 Å². The lowest BCUT2D eigenvalue weighted by molar-refractivity contribution is 0.0708. The quantitative estimate of drug-likeness (QED) is 0.921. The van der Waals surface area contributed by atoms with E-state index in [9.17, 15) is 4.79 Å². The molecule has 1 fully saturated rings. The summed E-state index contributed by atoms with van der Waals surface area (Å²) in [5, 5.41) is 3.35. The number of hydrogen-bond donors (Lipinski definition) is 1. The van der Waals surface area contributed by atoms with Crippen LogP contribution in [0, 0.1) is 0 Å². The number of amides is 1. The van der Waals surface area contributed by atoms with Gasteiger partial charge in [-0.05, 0) is 57.2 Å². The van der Waals surface area contributed by atoms with Crippen LogP contribution in [0.1, 0.15) is 46.3 Å². The molecule has 1 N–H and O–H groups in total. The number of thiophene rings is 1. The third-order valence-corrected chi connectivity index (χ3v) is 5.51. The molecule has 1 aromatic heterocycles. The van der Waals surface area contributed by atoms with Crippen molar-refractivity contribution in [3.05, 3.63) is 21.4 Å². The van der Waals surface area contributed by atoms with Crippen LogP contribution in [0.4, 0.5) is 0 Å². The number of carbonyl (C=O) groups is 1. The molecule has 1 aliphatic heterocycles. The van der Waals surface area contributed by atoms with Crippen molar-refractivity contribution in [1.82, 2.24) is 10.2 Å². The summed E-state index contributed by atoms with van der Waals surface area (Å²) in [6.07, 6.45) is 5.98. The normalized spacial score (nSPS) is 22.3. The molecule has 1 aliphatic carbocycles. The van der Waals surface area contributed by atoms with Crippen molar-refractivity contribution in [2.75, 3.05) is 19.6 Å². The average Bonchev–Trinajstić information content (AvgIpc) is 3.08. The van der Waals surface area contributed by atoms with Gasteiger partial charge in [0.2, 0.25) is 0 Å². The first-order chi connectivity index (χ1) is 9.29. The summed E-state index contributed by atoms with van der Waals surface area (Å²) in [4.78, 5) is 17.2. The first kappa shape index (κ1) is 13.1. The Hall–Kier alpha value is -0.870. The summed E-state index contributed by atoms with van der Waals surface area (Å²) in [5.41, 5.74) is 1.43. The average molecular weight is 278 g/mol. The van der Waals surface area contributed by atoms with Gasteiger partial charge in [-0.15, -0.1) is 11.3 Å². The molecule has 0 bridgehead atoms. The molecule has 0 radical (unpaired) electrons. The van der Waals surface area contributed by atoms with Gasteiger partial charge in [-0.2, -0.15) is 0 Å². The molecule has 1 amide bonds. The minimum absolute atomic E-state index is 0.246. The molecular formula is C15H22N2OS. The highest BCUT2D eigenvalue weighted by molar-refractivity contribution is 7.14. The molecule has 4 heteroatoms. The van der Waals surface area contributed by atoms with E-state index in [1.165, 1.54) is 29.7 Å². The highest BCUT2D eigenvalue weighted by Gasteiger charge is 2.27. The van der Waals surface area contributed by atoms with Crippen molar-refractivity contribution in [3.8, 4) is 0 Å². The van der Waals surface area contributed by atoms with E-state index in [2.05, 4.69) is 23.2 Å². The van der Waals surface area contributed by atoms with Gasteiger partial charge in [-0.25, -0.2) is 0 Å². The molecule has 0 aromatic carbocycles. The van der Waals surface area contributed by atoms with Gasteiger partial charge >= 0.3 is 0 Å². The highest BCUT2D eigenvalue weighted by atomic mass is 32.1. The molecule has 0 saturated carbocycles. The Labute approximate surface area is 119 Å². The molecule has 19 heavy (non-hydrogen) atoms. The Morgan fingerprint density at radius 1 is 1.47 bits per heavy atom. The maximum atomic E-state index is 12.7.